The maximum atomic E-state index is 12.3. The predicted molar refractivity (Wildman–Crippen MR) is 74.9 cm³/mol. The summed E-state index contributed by atoms with van der Waals surface area (Å²) in [5.41, 5.74) is -0.124. The summed E-state index contributed by atoms with van der Waals surface area (Å²) in [6.45, 7) is 2.35. The van der Waals surface area contributed by atoms with E-state index in [1.807, 2.05) is 11.9 Å². The molecule has 1 aromatic heterocycles. The van der Waals surface area contributed by atoms with Gasteiger partial charge in [-0.2, -0.15) is 0 Å². The fourth-order valence-corrected chi connectivity index (χ4v) is 2.91. The summed E-state index contributed by atoms with van der Waals surface area (Å²) in [6.07, 6.45) is 6.38. The number of pyridine rings is 1. The Morgan fingerprint density at radius 1 is 1.37 bits per heavy atom. The van der Waals surface area contributed by atoms with Gasteiger partial charge in [0.25, 0.3) is 5.56 Å². The lowest BCUT2D eigenvalue weighted by molar-refractivity contribution is -0.134. The van der Waals surface area contributed by atoms with Crippen molar-refractivity contribution >= 4 is 5.91 Å². The van der Waals surface area contributed by atoms with Crippen molar-refractivity contribution in [1.29, 1.82) is 0 Å². The molecule has 1 heterocycles. The standard InChI is InChI=1S/C15H22N2O2/c1-12-7-3-4-8-13(12)16(2)15(19)11-17-10-6-5-9-14(17)18/h5-6,9-10,12-13H,3-4,7-8,11H2,1-2H3. The second kappa shape index (κ2) is 6.04. The van der Waals surface area contributed by atoms with Crippen LogP contribution in [0.3, 0.4) is 0 Å². The van der Waals surface area contributed by atoms with Gasteiger partial charge in [0.2, 0.25) is 5.91 Å². The highest BCUT2D eigenvalue weighted by atomic mass is 16.2. The first-order chi connectivity index (χ1) is 9.09. The first kappa shape index (κ1) is 13.8. The molecule has 2 atom stereocenters. The smallest absolute Gasteiger partial charge is 0.250 e. The van der Waals surface area contributed by atoms with Crippen molar-refractivity contribution in [3.8, 4) is 0 Å². The van der Waals surface area contributed by atoms with E-state index in [0.717, 1.165) is 6.42 Å². The average molecular weight is 262 g/mol. The van der Waals surface area contributed by atoms with E-state index in [4.69, 9.17) is 0 Å². The van der Waals surface area contributed by atoms with E-state index >= 15 is 0 Å². The number of amides is 1. The summed E-state index contributed by atoms with van der Waals surface area (Å²) in [5, 5.41) is 0. The van der Waals surface area contributed by atoms with E-state index in [9.17, 15) is 9.59 Å². The Hall–Kier alpha value is -1.58. The summed E-state index contributed by atoms with van der Waals surface area (Å²) >= 11 is 0. The SMILES string of the molecule is CC1CCCCC1N(C)C(=O)Cn1ccccc1=O. The Balaban J connectivity index is 2.03. The molecule has 0 spiro atoms. The van der Waals surface area contributed by atoms with E-state index in [2.05, 4.69) is 6.92 Å². The van der Waals surface area contributed by atoms with Crippen molar-refractivity contribution < 1.29 is 4.79 Å². The highest BCUT2D eigenvalue weighted by Gasteiger charge is 2.27. The highest BCUT2D eigenvalue weighted by Crippen LogP contribution is 2.27. The first-order valence-electron chi connectivity index (χ1n) is 7.00. The van der Waals surface area contributed by atoms with Gasteiger partial charge in [-0.05, 0) is 24.8 Å². The lowest BCUT2D eigenvalue weighted by atomic mass is 9.85. The number of hydrogen-bond acceptors (Lipinski definition) is 2. The van der Waals surface area contributed by atoms with Gasteiger partial charge in [0.15, 0.2) is 0 Å². The van der Waals surface area contributed by atoms with Crippen LogP contribution in [0.15, 0.2) is 29.2 Å². The third-order valence-electron chi connectivity index (χ3n) is 4.16. The third-order valence-corrected chi connectivity index (χ3v) is 4.16. The molecule has 19 heavy (non-hydrogen) atoms. The van der Waals surface area contributed by atoms with E-state index in [1.54, 1.807) is 18.3 Å². The van der Waals surface area contributed by atoms with Crippen molar-refractivity contribution in [3.05, 3.63) is 34.7 Å². The van der Waals surface area contributed by atoms with Crippen molar-refractivity contribution in [2.75, 3.05) is 7.05 Å². The molecule has 0 aromatic carbocycles. The molecule has 104 valence electrons. The van der Waals surface area contributed by atoms with Crippen LogP contribution in [0.25, 0.3) is 0 Å². The number of rotatable bonds is 3. The monoisotopic (exact) mass is 262 g/mol. The van der Waals surface area contributed by atoms with Gasteiger partial charge < -0.3 is 9.47 Å². The van der Waals surface area contributed by atoms with Crippen molar-refractivity contribution in [3.63, 3.8) is 0 Å². The molecular formula is C15H22N2O2. The van der Waals surface area contributed by atoms with E-state index < -0.39 is 0 Å². The molecule has 1 aliphatic rings. The number of likely N-dealkylation sites (N-methyl/N-ethyl adjacent to an activating group) is 1. The molecule has 1 saturated carbocycles. The van der Waals surface area contributed by atoms with Gasteiger partial charge in [0, 0.05) is 25.4 Å². The summed E-state index contributed by atoms with van der Waals surface area (Å²) in [4.78, 5) is 25.7. The van der Waals surface area contributed by atoms with Crippen LogP contribution in [0.2, 0.25) is 0 Å². The molecule has 1 amide bonds. The van der Waals surface area contributed by atoms with Crippen LogP contribution in [-0.4, -0.2) is 28.5 Å². The second-order valence-electron chi connectivity index (χ2n) is 5.50. The van der Waals surface area contributed by atoms with E-state index in [0.29, 0.717) is 12.0 Å². The lowest BCUT2D eigenvalue weighted by Gasteiger charge is -2.36. The van der Waals surface area contributed by atoms with Crippen LogP contribution in [0.4, 0.5) is 0 Å². The summed E-state index contributed by atoms with van der Waals surface area (Å²) < 4.78 is 1.46. The zero-order chi connectivity index (χ0) is 13.8. The summed E-state index contributed by atoms with van der Waals surface area (Å²) in [6, 6.07) is 5.27. The minimum Gasteiger partial charge on any atom is -0.341 e. The van der Waals surface area contributed by atoms with E-state index in [1.165, 1.54) is 29.9 Å². The second-order valence-corrected chi connectivity index (χ2v) is 5.50. The van der Waals surface area contributed by atoms with Gasteiger partial charge in [0.1, 0.15) is 6.54 Å². The Bertz CT molecular complexity index is 495. The van der Waals surface area contributed by atoms with Crippen molar-refractivity contribution in [1.82, 2.24) is 9.47 Å². The van der Waals surface area contributed by atoms with E-state index in [-0.39, 0.29) is 18.0 Å². The quantitative estimate of drug-likeness (QED) is 0.834. The molecule has 4 heteroatoms. The molecule has 0 bridgehead atoms. The Labute approximate surface area is 114 Å². The topological polar surface area (TPSA) is 42.3 Å². The van der Waals surface area contributed by atoms with Crippen LogP contribution in [0.1, 0.15) is 32.6 Å². The number of carbonyl (C=O) groups excluding carboxylic acids is 1. The minimum absolute atomic E-state index is 0.0204. The molecule has 1 fully saturated rings. The van der Waals surface area contributed by atoms with Crippen LogP contribution >= 0.6 is 0 Å². The Kier molecular flexibility index (Phi) is 4.40. The van der Waals surface area contributed by atoms with Gasteiger partial charge in [-0.3, -0.25) is 9.59 Å². The molecule has 2 rings (SSSR count). The number of hydrogen-bond donors (Lipinski definition) is 0. The van der Waals surface area contributed by atoms with Crippen LogP contribution in [0, 0.1) is 5.92 Å². The number of nitrogens with zero attached hydrogens (tertiary/aromatic N) is 2. The van der Waals surface area contributed by atoms with Crippen LogP contribution in [-0.2, 0) is 11.3 Å². The molecule has 4 nitrogen and oxygen atoms in total. The zero-order valence-electron chi connectivity index (χ0n) is 11.7. The predicted octanol–water partition coefficient (Wildman–Crippen LogP) is 1.89. The maximum absolute atomic E-state index is 12.3. The van der Waals surface area contributed by atoms with Gasteiger partial charge in [-0.15, -0.1) is 0 Å². The largest absolute Gasteiger partial charge is 0.341 e. The Morgan fingerprint density at radius 3 is 2.79 bits per heavy atom. The van der Waals surface area contributed by atoms with Crippen LogP contribution < -0.4 is 5.56 Å². The Morgan fingerprint density at radius 2 is 2.11 bits per heavy atom. The first-order valence-corrected chi connectivity index (χ1v) is 7.00. The summed E-state index contributed by atoms with van der Waals surface area (Å²) in [5.74, 6) is 0.572. The average Bonchev–Trinajstić information content (AvgIpc) is 2.41. The molecule has 2 unspecified atom stereocenters. The van der Waals surface area contributed by atoms with Crippen molar-refractivity contribution in [2.45, 2.75) is 45.2 Å². The lowest BCUT2D eigenvalue weighted by Crippen LogP contribution is -2.44. The van der Waals surface area contributed by atoms with Gasteiger partial charge in [-0.1, -0.05) is 25.8 Å². The minimum atomic E-state index is -0.124. The van der Waals surface area contributed by atoms with Gasteiger partial charge >= 0.3 is 0 Å². The molecule has 0 N–H and O–H groups in total. The van der Waals surface area contributed by atoms with Crippen molar-refractivity contribution in [2.24, 2.45) is 5.92 Å². The number of aromatic nitrogens is 1. The summed E-state index contributed by atoms with van der Waals surface area (Å²) in [7, 11) is 1.86. The molecule has 0 aliphatic heterocycles. The van der Waals surface area contributed by atoms with Gasteiger partial charge in [-0.25, -0.2) is 0 Å². The maximum Gasteiger partial charge on any atom is 0.250 e. The fraction of sp³-hybridized carbons (Fsp3) is 0.600. The third kappa shape index (κ3) is 3.25. The molecule has 1 aliphatic carbocycles. The highest BCUT2D eigenvalue weighted by molar-refractivity contribution is 5.76. The molecule has 1 aromatic rings. The normalized spacial score (nSPS) is 23.1. The number of carbonyl (C=O) groups is 1. The molecular weight excluding hydrogens is 240 g/mol. The fourth-order valence-electron chi connectivity index (χ4n) is 2.91. The van der Waals surface area contributed by atoms with Crippen LogP contribution in [0.5, 0.6) is 0 Å². The molecule has 0 saturated heterocycles. The van der Waals surface area contributed by atoms with Gasteiger partial charge in [0.05, 0.1) is 0 Å². The zero-order valence-corrected chi connectivity index (χ0v) is 11.7. The molecule has 0 radical (unpaired) electrons.